The lowest BCUT2D eigenvalue weighted by atomic mass is 9.92. The molecule has 0 aliphatic rings. The van der Waals surface area contributed by atoms with E-state index in [0.717, 1.165) is 0 Å². The van der Waals surface area contributed by atoms with Crippen molar-refractivity contribution >= 4 is 11.8 Å². The first-order valence-corrected chi connectivity index (χ1v) is 3.76. The van der Waals surface area contributed by atoms with Crippen LogP contribution in [0.4, 0.5) is 0 Å². The second-order valence-corrected chi connectivity index (χ2v) is 2.68. The number of hydrogen-bond donors (Lipinski definition) is 1. The molecule has 0 spiro atoms. The van der Waals surface area contributed by atoms with Crippen LogP contribution in [0.3, 0.4) is 0 Å². The number of ketones is 1. The Morgan fingerprint density at radius 2 is 2.00 bits per heavy atom. The maximum absolute atomic E-state index is 11.1. The van der Waals surface area contributed by atoms with Crippen molar-refractivity contribution in [3.8, 4) is 0 Å². The molecule has 0 aromatic heterocycles. The Kier molecular flexibility index (Phi) is 3.89. The van der Waals surface area contributed by atoms with Gasteiger partial charge in [0.1, 0.15) is 5.60 Å². The van der Waals surface area contributed by atoms with E-state index >= 15 is 0 Å². The van der Waals surface area contributed by atoms with E-state index in [2.05, 4.69) is 0 Å². The molecule has 0 heterocycles. The summed E-state index contributed by atoms with van der Waals surface area (Å²) >= 11 is 0. The van der Waals surface area contributed by atoms with Crippen molar-refractivity contribution in [3.63, 3.8) is 0 Å². The van der Waals surface area contributed by atoms with Crippen molar-refractivity contribution < 1.29 is 19.4 Å². The van der Waals surface area contributed by atoms with Crippen molar-refractivity contribution in [1.82, 2.24) is 0 Å². The highest BCUT2D eigenvalue weighted by Gasteiger charge is 2.35. The summed E-state index contributed by atoms with van der Waals surface area (Å²) in [5, 5.41) is 8.53. The summed E-state index contributed by atoms with van der Waals surface area (Å²) < 4.78 is 4.93. The Labute approximate surface area is 71.5 Å². The van der Waals surface area contributed by atoms with E-state index in [4.69, 9.17) is 9.84 Å². The molecule has 1 N–H and O–H groups in total. The van der Waals surface area contributed by atoms with Crippen LogP contribution in [0.25, 0.3) is 0 Å². The Morgan fingerprint density at radius 1 is 1.50 bits per heavy atom. The van der Waals surface area contributed by atoms with Crippen LogP contribution in [0.2, 0.25) is 0 Å². The summed E-state index contributed by atoms with van der Waals surface area (Å²) in [6.45, 7) is 3.07. The SMILES string of the molecule is CCC(CC(=O)O)(OC)C(C)=O. The highest BCUT2D eigenvalue weighted by molar-refractivity contribution is 5.89. The summed E-state index contributed by atoms with van der Waals surface area (Å²) in [6, 6.07) is 0. The Hall–Kier alpha value is -0.900. The number of carbonyl (C=O) groups is 2. The number of aliphatic carboxylic acids is 1. The quantitative estimate of drug-likeness (QED) is 0.671. The molecule has 1 atom stereocenters. The van der Waals surface area contributed by atoms with Gasteiger partial charge in [0.15, 0.2) is 5.78 Å². The third-order valence-electron chi connectivity index (χ3n) is 2.04. The summed E-state index contributed by atoms with van der Waals surface area (Å²) in [5.74, 6) is -1.26. The maximum Gasteiger partial charge on any atom is 0.306 e. The smallest absolute Gasteiger partial charge is 0.306 e. The van der Waals surface area contributed by atoms with Crippen LogP contribution in [0.1, 0.15) is 26.7 Å². The second-order valence-electron chi connectivity index (χ2n) is 2.68. The number of carbonyl (C=O) groups excluding carboxylic acids is 1. The molecule has 0 saturated carbocycles. The first-order chi connectivity index (χ1) is 5.48. The zero-order valence-corrected chi connectivity index (χ0v) is 7.59. The Morgan fingerprint density at radius 3 is 2.08 bits per heavy atom. The molecule has 0 rings (SSSR count). The number of ether oxygens (including phenoxy) is 1. The largest absolute Gasteiger partial charge is 0.481 e. The summed E-state index contributed by atoms with van der Waals surface area (Å²) in [5.41, 5.74) is -1.13. The normalized spacial score (nSPS) is 15.2. The van der Waals surface area contributed by atoms with Gasteiger partial charge in [-0.1, -0.05) is 6.92 Å². The van der Waals surface area contributed by atoms with Crippen LogP contribution in [-0.4, -0.2) is 29.6 Å². The van der Waals surface area contributed by atoms with Crippen molar-refractivity contribution in [2.45, 2.75) is 32.3 Å². The van der Waals surface area contributed by atoms with Crippen LogP contribution in [-0.2, 0) is 14.3 Å². The minimum absolute atomic E-state index is 0.241. The zero-order chi connectivity index (χ0) is 9.78. The first kappa shape index (κ1) is 11.1. The van der Waals surface area contributed by atoms with Gasteiger partial charge in [0.05, 0.1) is 6.42 Å². The van der Waals surface area contributed by atoms with E-state index in [1.807, 2.05) is 0 Å². The van der Waals surface area contributed by atoms with Crippen LogP contribution in [0, 0.1) is 0 Å². The number of Topliss-reactive ketones (excluding diaryl/α,β-unsaturated/α-hetero) is 1. The first-order valence-electron chi connectivity index (χ1n) is 3.76. The summed E-state index contributed by atoms with van der Waals surface area (Å²) in [6.07, 6.45) is 0.112. The Bertz CT molecular complexity index is 181. The van der Waals surface area contributed by atoms with E-state index in [1.54, 1.807) is 6.92 Å². The second kappa shape index (κ2) is 4.21. The fraction of sp³-hybridized carbons (Fsp3) is 0.750. The monoisotopic (exact) mass is 174 g/mol. The maximum atomic E-state index is 11.1. The van der Waals surface area contributed by atoms with Crippen molar-refractivity contribution in [2.75, 3.05) is 7.11 Å². The van der Waals surface area contributed by atoms with Gasteiger partial charge in [-0.15, -0.1) is 0 Å². The van der Waals surface area contributed by atoms with Crippen LogP contribution in [0.5, 0.6) is 0 Å². The van der Waals surface area contributed by atoms with E-state index in [0.29, 0.717) is 6.42 Å². The Balaban J connectivity index is 4.58. The van der Waals surface area contributed by atoms with E-state index in [-0.39, 0.29) is 12.2 Å². The number of rotatable bonds is 5. The van der Waals surface area contributed by atoms with Gasteiger partial charge in [-0.2, -0.15) is 0 Å². The highest BCUT2D eigenvalue weighted by Crippen LogP contribution is 2.20. The molecule has 0 aromatic carbocycles. The molecule has 1 unspecified atom stereocenters. The molecule has 70 valence electrons. The molecular formula is C8H14O4. The molecule has 0 saturated heterocycles. The van der Waals surface area contributed by atoms with E-state index in [9.17, 15) is 9.59 Å². The molecule has 0 amide bonds. The molecule has 12 heavy (non-hydrogen) atoms. The van der Waals surface area contributed by atoms with Gasteiger partial charge in [-0.05, 0) is 13.3 Å². The molecule has 0 radical (unpaired) electrons. The fourth-order valence-electron chi connectivity index (χ4n) is 1.10. The van der Waals surface area contributed by atoms with Gasteiger partial charge < -0.3 is 9.84 Å². The minimum atomic E-state index is -1.13. The lowest BCUT2D eigenvalue weighted by molar-refractivity contribution is -0.153. The van der Waals surface area contributed by atoms with Crippen LogP contribution < -0.4 is 0 Å². The molecule has 4 nitrogen and oxygen atoms in total. The average molecular weight is 174 g/mol. The van der Waals surface area contributed by atoms with Crippen LogP contribution in [0.15, 0.2) is 0 Å². The van der Waals surface area contributed by atoms with Gasteiger partial charge in [0.25, 0.3) is 0 Å². The van der Waals surface area contributed by atoms with Crippen molar-refractivity contribution in [3.05, 3.63) is 0 Å². The van der Waals surface area contributed by atoms with Gasteiger partial charge in [0, 0.05) is 7.11 Å². The highest BCUT2D eigenvalue weighted by atomic mass is 16.5. The lowest BCUT2D eigenvalue weighted by Crippen LogP contribution is -2.40. The predicted octanol–water partition coefficient (Wildman–Crippen LogP) is 0.845. The molecule has 0 bridgehead atoms. The summed E-state index contributed by atoms with van der Waals surface area (Å²) in [7, 11) is 1.36. The van der Waals surface area contributed by atoms with Gasteiger partial charge in [-0.25, -0.2) is 0 Å². The van der Waals surface area contributed by atoms with Crippen LogP contribution >= 0.6 is 0 Å². The number of carboxylic acids is 1. The topological polar surface area (TPSA) is 63.6 Å². The summed E-state index contributed by atoms with van der Waals surface area (Å²) in [4.78, 5) is 21.5. The van der Waals surface area contributed by atoms with Crippen molar-refractivity contribution in [1.29, 1.82) is 0 Å². The molecular weight excluding hydrogens is 160 g/mol. The molecule has 0 fully saturated rings. The third-order valence-corrected chi connectivity index (χ3v) is 2.04. The number of hydrogen-bond acceptors (Lipinski definition) is 3. The predicted molar refractivity (Wildman–Crippen MR) is 43.0 cm³/mol. The molecule has 0 aliphatic heterocycles. The van der Waals surface area contributed by atoms with Crippen molar-refractivity contribution in [2.24, 2.45) is 0 Å². The van der Waals surface area contributed by atoms with Gasteiger partial charge >= 0.3 is 5.97 Å². The zero-order valence-electron chi connectivity index (χ0n) is 7.59. The fourth-order valence-corrected chi connectivity index (χ4v) is 1.10. The molecule has 0 aliphatic carbocycles. The van der Waals surface area contributed by atoms with E-state index < -0.39 is 11.6 Å². The van der Waals surface area contributed by atoms with Gasteiger partial charge in [0.2, 0.25) is 0 Å². The minimum Gasteiger partial charge on any atom is -0.481 e. The number of carboxylic acid groups (broad SMARTS) is 1. The average Bonchev–Trinajstić information content (AvgIpc) is 1.99. The standard InChI is InChI=1S/C8H14O4/c1-4-8(12-3,6(2)9)5-7(10)11/h4-5H2,1-3H3,(H,10,11). The molecule has 0 aromatic rings. The van der Waals surface area contributed by atoms with E-state index in [1.165, 1.54) is 14.0 Å². The van der Waals surface area contributed by atoms with Gasteiger partial charge in [-0.3, -0.25) is 9.59 Å². The lowest BCUT2D eigenvalue weighted by Gasteiger charge is -2.26. The molecule has 4 heteroatoms. The third kappa shape index (κ3) is 2.30. The number of methoxy groups -OCH3 is 1.